The Morgan fingerprint density at radius 2 is 2.15 bits per heavy atom. The van der Waals surface area contributed by atoms with Crippen LogP contribution >= 0.6 is 0 Å². The van der Waals surface area contributed by atoms with Crippen LogP contribution in [0.4, 0.5) is 5.95 Å². The number of hydrogen-bond donors (Lipinski definition) is 2. The molecule has 0 aliphatic carbocycles. The normalized spacial score (nSPS) is 10.7. The van der Waals surface area contributed by atoms with Crippen LogP contribution < -0.4 is 11.3 Å². The van der Waals surface area contributed by atoms with Crippen molar-refractivity contribution in [2.75, 3.05) is 5.73 Å². The summed E-state index contributed by atoms with van der Waals surface area (Å²) in [5.41, 5.74) is 6.07. The van der Waals surface area contributed by atoms with Gasteiger partial charge in [0, 0.05) is 12.0 Å². The predicted molar refractivity (Wildman–Crippen MR) is 52.6 cm³/mol. The van der Waals surface area contributed by atoms with Crippen LogP contribution in [-0.4, -0.2) is 9.97 Å². The Labute approximate surface area is 77.2 Å². The van der Waals surface area contributed by atoms with Crippen molar-refractivity contribution < 1.29 is 0 Å². The summed E-state index contributed by atoms with van der Waals surface area (Å²) in [4.78, 5) is 17.6. The average molecular weight is 181 g/mol. The number of hydrogen-bond acceptors (Lipinski definition) is 3. The molecule has 4 nitrogen and oxygen atoms in total. The molecule has 1 aromatic rings. The summed E-state index contributed by atoms with van der Waals surface area (Å²) in [5, 5.41) is 0. The zero-order valence-corrected chi connectivity index (χ0v) is 8.00. The van der Waals surface area contributed by atoms with E-state index in [2.05, 4.69) is 23.8 Å². The van der Waals surface area contributed by atoms with Crippen molar-refractivity contribution in [3.8, 4) is 0 Å². The van der Waals surface area contributed by atoms with Crippen molar-refractivity contribution in [2.45, 2.75) is 32.6 Å². The van der Waals surface area contributed by atoms with Gasteiger partial charge in [-0.2, -0.15) is 0 Å². The Bertz CT molecular complexity index is 328. The minimum atomic E-state index is -0.172. The third kappa shape index (κ3) is 2.31. The van der Waals surface area contributed by atoms with E-state index in [0.29, 0.717) is 5.92 Å². The molecule has 0 atom stereocenters. The van der Waals surface area contributed by atoms with Crippen molar-refractivity contribution in [1.82, 2.24) is 9.97 Å². The van der Waals surface area contributed by atoms with Gasteiger partial charge in [0.05, 0.1) is 5.69 Å². The van der Waals surface area contributed by atoms with Crippen molar-refractivity contribution >= 4 is 5.95 Å². The molecular weight excluding hydrogens is 166 g/mol. The number of nitrogens with zero attached hydrogens (tertiary/aromatic N) is 1. The molecule has 72 valence electrons. The topological polar surface area (TPSA) is 71.8 Å². The van der Waals surface area contributed by atoms with Gasteiger partial charge < -0.3 is 5.73 Å². The number of aromatic amines is 1. The minimum Gasteiger partial charge on any atom is -0.369 e. The molecule has 0 amide bonds. The molecule has 1 aromatic heterocycles. The van der Waals surface area contributed by atoms with Gasteiger partial charge in [-0.05, 0) is 12.8 Å². The summed E-state index contributed by atoms with van der Waals surface area (Å²) in [6, 6.07) is 1.52. The van der Waals surface area contributed by atoms with Crippen LogP contribution in [0.2, 0.25) is 0 Å². The summed E-state index contributed by atoms with van der Waals surface area (Å²) in [7, 11) is 0. The molecule has 0 spiro atoms. The molecule has 13 heavy (non-hydrogen) atoms. The van der Waals surface area contributed by atoms with E-state index in [-0.39, 0.29) is 11.5 Å². The fourth-order valence-electron chi connectivity index (χ4n) is 1.41. The Morgan fingerprint density at radius 3 is 2.62 bits per heavy atom. The van der Waals surface area contributed by atoms with Crippen LogP contribution in [0.25, 0.3) is 0 Å². The first-order valence-corrected chi connectivity index (χ1v) is 4.54. The van der Waals surface area contributed by atoms with E-state index in [1.165, 1.54) is 6.07 Å². The number of nitrogen functional groups attached to an aromatic ring is 1. The Morgan fingerprint density at radius 1 is 1.54 bits per heavy atom. The fraction of sp³-hybridized carbons (Fsp3) is 0.556. The number of rotatable bonds is 3. The molecule has 0 radical (unpaired) electrons. The molecule has 4 heteroatoms. The smallest absolute Gasteiger partial charge is 0.252 e. The SMILES string of the molecule is CCC(CC)c1cc(=O)[nH]c(N)n1. The lowest BCUT2D eigenvalue weighted by atomic mass is 9.99. The lowest BCUT2D eigenvalue weighted by Crippen LogP contribution is -2.13. The highest BCUT2D eigenvalue weighted by molar-refractivity contribution is 5.19. The first kappa shape index (κ1) is 9.77. The molecule has 0 unspecified atom stereocenters. The fourth-order valence-corrected chi connectivity index (χ4v) is 1.41. The van der Waals surface area contributed by atoms with Crippen molar-refractivity contribution in [3.63, 3.8) is 0 Å². The second-order valence-electron chi connectivity index (χ2n) is 3.07. The second-order valence-corrected chi connectivity index (χ2v) is 3.07. The molecule has 0 aliphatic heterocycles. The monoisotopic (exact) mass is 181 g/mol. The number of nitrogens with two attached hydrogens (primary N) is 1. The van der Waals surface area contributed by atoms with Gasteiger partial charge in [0.15, 0.2) is 0 Å². The maximum atomic E-state index is 11.1. The van der Waals surface area contributed by atoms with E-state index >= 15 is 0 Å². The summed E-state index contributed by atoms with van der Waals surface area (Å²) in [6.07, 6.45) is 1.96. The molecule has 1 rings (SSSR count). The number of aromatic nitrogens is 2. The second kappa shape index (κ2) is 4.07. The summed E-state index contributed by atoms with van der Waals surface area (Å²) in [6.45, 7) is 4.15. The van der Waals surface area contributed by atoms with E-state index in [1.54, 1.807) is 0 Å². The van der Waals surface area contributed by atoms with Gasteiger partial charge in [-0.15, -0.1) is 0 Å². The highest BCUT2D eigenvalue weighted by atomic mass is 16.1. The largest absolute Gasteiger partial charge is 0.369 e. The van der Waals surface area contributed by atoms with Crippen molar-refractivity contribution in [2.24, 2.45) is 0 Å². The van der Waals surface area contributed by atoms with Gasteiger partial charge in [-0.3, -0.25) is 9.78 Å². The van der Waals surface area contributed by atoms with Crippen LogP contribution in [0.3, 0.4) is 0 Å². The van der Waals surface area contributed by atoms with E-state index in [4.69, 9.17) is 5.73 Å². The van der Waals surface area contributed by atoms with Gasteiger partial charge in [0.1, 0.15) is 0 Å². The third-order valence-corrected chi connectivity index (χ3v) is 2.18. The van der Waals surface area contributed by atoms with E-state index < -0.39 is 0 Å². The summed E-state index contributed by atoms with van der Waals surface area (Å²) < 4.78 is 0. The zero-order chi connectivity index (χ0) is 9.84. The maximum absolute atomic E-state index is 11.1. The summed E-state index contributed by atoms with van der Waals surface area (Å²) in [5.74, 6) is 0.541. The highest BCUT2D eigenvalue weighted by Gasteiger charge is 2.09. The lowest BCUT2D eigenvalue weighted by Gasteiger charge is -2.10. The van der Waals surface area contributed by atoms with E-state index in [9.17, 15) is 4.79 Å². The molecule has 3 N–H and O–H groups in total. The molecule has 0 saturated carbocycles. The van der Waals surface area contributed by atoms with E-state index in [1.807, 2.05) is 0 Å². The van der Waals surface area contributed by atoms with Gasteiger partial charge in [0.2, 0.25) is 5.95 Å². The Balaban J connectivity index is 3.06. The first-order chi connectivity index (χ1) is 6.17. The average Bonchev–Trinajstić information content (AvgIpc) is 2.04. The Kier molecular flexibility index (Phi) is 3.06. The number of H-pyrrole nitrogens is 1. The van der Waals surface area contributed by atoms with Crippen LogP contribution in [0.1, 0.15) is 38.3 Å². The molecule has 0 bridgehead atoms. The summed E-state index contributed by atoms with van der Waals surface area (Å²) >= 11 is 0. The van der Waals surface area contributed by atoms with E-state index in [0.717, 1.165) is 18.5 Å². The van der Waals surface area contributed by atoms with Gasteiger partial charge in [-0.1, -0.05) is 13.8 Å². The molecule has 0 saturated heterocycles. The zero-order valence-electron chi connectivity index (χ0n) is 8.00. The third-order valence-electron chi connectivity index (χ3n) is 2.18. The predicted octanol–water partition coefficient (Wildman–Crippen LogP) is 1.26. The van der Waals surface area contributed by atoms with Gasteiger partial charge in [0.25, 0.3) is 5.56 Å². The highest BCUT2D eigenvalue weighted by Crippen LogP contribution is 2.19. The van der Waals surface area contributed by atoms with Crippen LogP contribution in [0, 0.1) is 0 Å². The van der Waals surface area contributed by atoms with Gasteiger partial charge in [-0.25, -0.2) is 4.98 Å². The molecule has 0 aliphatic rings. The van der Waals surface area contributed by atoms with Crippen molar-refractivity contribution in [1.29, 1.82) is 0 Å². The molecule has 1 heterocycles. The Hall–Kier alpha value is -1.32. The molecule has 0 fully saturated rings. The van der Waals surface area contributed by atoms with Crippen LogP contribution in [-0.2, 0) is 0 Å². The van der Waals surface area contributed by atoms with Gasteiger partial charge >= 0.3 is 0 Å². The van der Waals surface area contributed by atoms with Crippen LogP contribution in [0.15, 0.2) is 10.9 Å². The van der Waals surface area contributed by atoms with Crippen LogP contribution in [0.5, 0.6) is 0 Å². The quantitative estimate of drug-likeness (QED) is 0.737. The maximum Gasteiger partial charge on any atom is 0.252 e. The molecule has 0 aromatic carbocycles. The minimum absolute atomic E-state index is 0.172. The number of anilines is 1. The lowest BCUT2D eigenvalue weighted by molar-refractivity contribution is 0.621. The molecular formula is C9H15N3O. The standard InChI is InChI=1S/C9H15N3O/c1-3-6(4-2)7-5-8(13)12-9(10)11-7/h5-6H,3-4H2,1-2H3,(H3,10,11,12,13). The number of nitrogens with one attached hydrogen (secondary N) is 1. The first-order valence-electron chi connectivity index (χ1n) is 4.54. The van der Waals surface area contributed by atoms with Crippen molar-refractivity contribution in [3.05, 3.63) is 22.1 Å².